The van der Waals surface area contributed by atoms with Crippen LogP contribution < -0.4 is 0 Å². The quantitative estimate of drug-likeness (QED) is 0.491. The molecule has 4 heteroatoms. The molecular weight excluding hydrogens is 406 g/mol. The second kappa shape index (κ2) is 8.00. The Labute approximate surface area is 197 Å². The molecule has 0 spiro atoms. The number of fused-ring (bicyclic) bond motifs is 4. The summed E-state index contributed by atoms with van der Waals surface area (Å²) >= 11 is 0. The maximum Gasteiger partial charge on any atom is 0.234 e. The number of H-pyrrole nitrogens is 1. The SMILES string of the molecule is Cc1cc(C)cc(-c2[nH]c3cnc(C(C)(C)C(=O)N4CC5CCC4CC5)cc3c2C(C)C)c1. The zero-order valence-electron chi connectivity index (χ0n) is 21.0. The lowest BCUT2D eigenvalue weighted by Gasteiger charge is -2.47. The van der Waals surface area contributed by atoms with Gasteiger partial charge in [-0.1, -0.05) is 31.0 Å². The minimum absolute atomic E-state index is 0.236. The van der Waals surface area contributed by atoms with Crippen LogP contribution in [0.1, 0.15) is 81.7 Å². The number of nitrogens with zero attached hydrogens (tertiary/aromatic N) is 2. The Morgan fingerprint density at radius 2 is 1.73 bits per heavy atom. The summed E-state index contributed by atoms with van der Waals surface area (Å²) < 4.78 is 0. The van der Waals surface area contributed by atoms with E-state index in [0.29, 0.717) is 17.9 Å². The molecule has 0 radical (unpaired) electrons. The lowest BCUT2D eigenvalue weighted by atomic mass is 9.77. The first kappa shape index (κ1) is 22.2. The topological polar surface area (TPSA) is 49.0 Å². The molecule has 1 N–H and O–H groups in total. The molecule has 4 nitrogen and oxygen atoms in total. The molecule has 2 aromatic heterocycles. The van der Waals surface area contributed by atoms with Crippen molar-refractivity contribution in [3.63, 3.8) is 0 Å². The van der Waals surface area contributed by atoms with Gasteiger partial charge in [-0.15, -0.1) is 0 Å². The van der Waals surface area contributed by atoms with Crippen molar-refractivity contribution in [2.75, 3.05) is 6.54 Å². The normalized spacial score (nSPS) is 20.8. The number of nitrogens with one attached hydrogen (secondary N) is 1. The Kier molecular flexibility index (Phi) is 5.38. The van der Waals surface area contributed by atoms with Crippen LogP contribution in [0, 0.1) is 19.8 Å². The maximum atomic E-state index is 13.7. The fraction of sp³-hybridized carbons (Fsp3) is 0.517. The second-order valence-corrected chi connectivity index (χ2v) is 11.3. The molecule has 1 aliphatic carbocycles. The summed E-state index contributed by atoms with van der Waals surface area (Å²) in [5.41, 5.74) is 7.48. The van der Waals surface area contributed by atoms with E-state index in [1.807, 2.05) is 6.20 Å². The number of pyridine rings is 1. The third kappa shape index (κ3) is 3.78. The molecule has 33 heavy (non-hydrogen) atoms. The van der Waals surface area contributed by atoms with E-state index in [1.165, 1.54) is 46.2 Å². The molecule has 3 aromatic rings. The predicted octanol–water partition coefficient (Wildman–Crippen LogP) is 6.65. The van der Waals surface area contributed by atoms with Crippen molar-refractivity contribution >= 4 is 16.8 Å². The molecule has 2 saturated heterocycles. The van der Waals surface area contributed by atoms with Crippen molar-refractivity contribution in [1.29, 1.82) is 0 Å². The fourth-order valence-corrected chi connectivity index (χ4v) is 6.19. The van der Waals surface area contributed by atoms with Crippen LogP contribution in [0.3, 0.4) is 0 Å². The minimum Gasteiger partial charge on any atom is -0.353 e. The van der Waals surface area contributed by atoms with Crippen LogP contribution in [0.15, 0.2) is 30.5 Å². The van der Waals surface area contributed by atoms with Gasteiger partial charge in [-0.3, -0.25) is 9.78 Å². The Balaban J connectivity index is 1.57. The van der Waals surface area contributed by atoms with E-state index in [-0.39, 0.29) is 5.91 Å². The van der Waals surface area contributed by atoms with Crippen molar-refractivity contribution in [3.8, 4) is 11.3 Å². The first-order valence-electron chi connectivity index (χ1n) is 12.6. The Morgan fingerprint density at radius 3 is 2.30 bits per heavy atom. The van der Waals surface area contributed by atoms with Crippen LogP contribution in [-0.2, 0) is 10.2 Å². The van der Waals surface area contributed by atoms with E-state index in [9.17, 15) is 4.79 Å². The van der Waals surface area contributed by atoms with Crippen molar-refractivity contribution < 1.29 is 4.79 Å². The van der Waals surface area contributed by atoms with Gasteiger partial charge in [0.05, 0.1) is 28.5 Å². The number of piperidine rings is 2. The third-order valence-corrected chi connectivity index (χ3v) is 7.96. The van der Waals surface area contributed by atoms with Crippen LogP contribution in [0.5, 0.6) is 0 Å². The van der Waals surface area contributed by atoms with Gasteiger partial charge in [-0.05, 0) is 94.5 Å². The summed E-state index contributed by atoms with van der Waals surface area (Å²) in [6.45, 7) is 13.8. The number of carbonyl (C=O) groups excluding carboxylic acids is 1. The largest absolute Gasteiger partial charge is 0.353 e. The predicted molar refractivity (Wildman–Crippen MR) is 136 cm³/mol. The Bertz CT molecular complexity index is 1190. The van der Waals surface area contributed by atoms with Crippen LogP contribution in [0.4, 0.5) is 0 Å². The number of hydrogen-bond acceptors (Lipinski definition) is 2. The summed E-state index contributed by atoms with van der Waals surface area (Å²) in [6.07, 6.45) is 6.81. The molecule has 3 aliphatic rings. The number of amides is 1. The highest BCUT2D eigenvalue weighted by molar-refractivity contribution is 5.93. The summed E-state index contributed by atoms with van der Waals surface area (Å²) in [5.74, 6) is 1.27. The molecular formula is C29H37N3O. The number of carbonyl (C=O) groups is 1. The van der Waals surface area contributed by atoms with E-state index in [0.717, 1.165) is 30.6 Å². The van der Waals surface area contributed by atoms with Crippen LogP contribution in [0.25, 0.3) is 22.2 Å². The van der Waals surface area contributed by atoms with E-state index >= 15 is 0 Å². The number of aromatic amines is 1. The van der Waals surface area contributed by atoms with E-state index in [4.69, 9.17) is 4.98 Å². The minimum atomic E-state index is -0.642. The Hall–Kier alpha value is -2.62. The molecule has 0 atom stereocenters. The van der Waals surface area contributed by atoms with Gasteiger partial charge in [-0.2, -0.15) is 0 Å². The van der Waals surface area contributed by atoms with Gasteiger partial charge >= 0.3 is 0 Å². The zero-order valence-corrected chi connectivity index (χ0v) is 21.0. The number of hydrogen-bond donors (Lipinski definition) is 1. The molecule has 1 amide bonds. The summed E-state index contributed by atoms with van der Waals surface area (Å²) in [4.78, 5) is 24.4. The number of aromatic nitrogens is 2. The van der Waals surface area contributed by atoms with Crippen molar-refractivity contribution in [2.45, 2.75) is 84.6 Å². The summed E-state index contributed by atoms with van der Waals surface area (Å²) in [5, 5.41) is 1.19. The van der Waals surface area contributed by atoms with Gasteiger partial charge < -0.3 is 9.88 Å². The molecule has 6 rings (SSSR count). The van der Waals surface area contributed by atoms with Crippen molar-refractivity contribution in [1.82, 2.24) is 14.9 Å². The highest BCUT2D eigenvalue weighted by Gasteiger charge is 2.43. The zero-order chi connectivity index (χ0) is 23.5. The number of benzene rings is 1. The molecule has 1 saturated carbocycles. The average Bonchev–Trinajstić information content (AvgIpc) is 3.18. The molecule has 1 aromatic carbocycles. The van der Waals surface area contributed by atoms with Crippen molar-refractivity contribution in [2.24, 2.45) is 5.92 Å². The molecule has 2 aliphatic heterocycles. The second-order valence-electron chi connectivity index (χ2n) is 11.3. The molecule has 174 valence electrons. The van der Waals surface area contributed by atoms with E-state index in [1.54, 1.807) is 0 Å². The van der Waals surface area contributed by atoms with Crippen LogP contribution in [-0.4, -0.2) is 33.4 Å². The highest BCUT2D eigenvalue weighted by Crippen LogP contribution is 2.40. The van der Waals surface area contributed by atoms with Gasteiger partial charge in [0.1, 0.15) is 0 Å². The van der Waals surface area contributed by atoms with Gasteiger partial charge in [0.2, 0.25) is 5.91 Å². The van der Waals surface area contributed by atoms with Crippen molar-refractivity contribution in [3.05, 3.63) is 52.8 Å². The highest BCUT2D eigenvalue weighted by atomic mass is 16.2. The maximum absolute atomic E-state index is 13.7. The number of aryl methyl sites for hydroxylation is 2. The first-order valence-corrected chi connectivity index (χ1v) is 12.6. The smallest absolute Gasteiger partial charge is 0.234 e. The van der Waals surface area contributed by atoms with E-state index in [2.05, 4.69) is 75.7 Å². The van der Waals surface area contributed by atoms with Gasteiger partial charge in [0.25, 0.3) is 0 Å². The molecule has 4 heterocycles. The lowest BCUT2D eigenvalue weighted by Crippen LogP contribution is -2.55. The molecule has 3 fully saturated rings. The summed E-state index contributed by atoms with van der Waals surface area (Å²) in [7, 11) is 0. The van der Waals surface area contributed by atoms with Gasteiger partial charge in [-0.25, -0.2) is 0 Å². The van der Waals surface area contributed by atoms with E-state index < -0.39 is 5.41 Å². The fourth-order valence-electron chi connectivity index (χ4n) is 6.19. The van der Waals surface area contributed by atoms with Gasteiger partial charge in [0.15, 0.2) is 0 Å². The monoisotopic (exact) mass is 443 g/mol. The lowest BCUT2D eigenvalue weighted by molar-refractivity contribution is -0.144. The van der Waals surface area contributed by atoms with Crippen LogP contribution in [0.2, 0.25) is 0 Å². The van der Waals surface area contributed by atoms with Gasteiger partial charge in [0, 0.05) is 18.0 Å². The average molecular weight is 444 g/mol. The van der Waals surface area contributed by atoms with Crippen LogP contribution >= 0.6 is 0 Å². The first-order chi connectivity index (χ1) is 15.6. The summed E-state index contributed by atoms with van der Waals surface area (Å²) in [6, 6.07) is 9.30. The standard InChI is InChI=1S/C29H37N3O/c1-17(2)26-23-14-25(29(5,6)28(33)32-16-20-7-9-22(32)10-8-20)30-15-24(23)31-27(26)21-12-18(3)11-19(4)13-21/h11-15,17,20,22,31H,7-10,16H2,1-6H3. The third-order valence-electron chi connectivity index (χ3n) is 7.96. The Morgan fingerprint density at radius 1 is 1.06 bits per heavy atom. The number of rotatable bonds is 4. The molecule has 0 unspecified atom stereocenters. The molecule has 2 bridgehead atoms.